The Hall–Kier alpha value is -2.68. The predicted molar refractivity (Wildman–Crippen MR) is 72.8 cm³/mol. The largest absolute Gasteiger partial charge is 0.478 e. The van der Waals surface area contributed by atoms with Gasteiger partial charge in [-0.2, -0.15) is 0 Å². The van der Waals surface area contributed by atoms with Crippen molar-refractivity contribution in [3.8, 4) is 0 Å². The molecule has 0 atom stereocenters. The van der Waals surface area contributed by atoms with E-state index >= 15 is 0 Å². The number of carboxylic acids is 1. The number of benzene rings is 1. The molecule has 0 bridgehead atoms. The molecule has 0 aliphatic rings. The van der Waals surface area contributed by atoms with Crippen molar-refractivity contribution < 1.29 is 22.7 Å². The number of halogens is 1. The van der Waals surface area contributed by atoms with Gasteiger partial charge in [-0.1, -0.05) is 0 Å². The molecule has 0 aliphatic carbocycles. The van der Waals surface area contributed by atoms with Crippen LogP contribution in [0.4, 0.5) is 15.9 Å². The Morgan fingerprint density at radius 3 is 2.57 bits per heavy atom. The number of nitrogens with zero attached hydrogens (tertiary/aromatic N) is 1. The number of aromatic nitrogens is 1. The van der Waals surface area contributed by atoms with Crippen LogP contribution in [0.3, 0.4) is 0 Å². The second-order valence-corrected chi connectivity index (χ2v) is 5.68. The van der Waals surface area contributed by atoms with Crippen LogP contribution in [0.1, 0.15) is 10.4 Å². The number of nitrogens with one attached hydrogen (secondary N) is 1. The summed E-state index contributed by atoms with van der Waals surface area (Å²) in [7, 11) is -4.22. The van der Waals surface area contributed by atoms with Gasteiger partial charge in [-0.3, -0.25) is 4.72 Å². The summed E-state index contributed by atoms with van der Waals surface area (Å²) in [6, 6.07) is 5.51. The highest BCUT2D eigenvalue weighted by Crippen LogP contribution is 2.21. The van der Waals surface area contributed by atoms with E-state index in [0.29, 0.717) is 0 Å². The minimum absolute atomic E-state index is 0.0902. The number of hydrogen-bond donors (Lipinski definition) is 3. The van der Waals surface area contributed by atoms with Crippen LogP contribution in [0, 0.1) is 5.82 Å². The van der Waals surface area contributed by atoms with Crippen molar-refractivity contribution in [1.82, 2.24) is 4.98 Å². The molecule has 7 nitrogen and oxygen atoms in total. The third-order valence-corrected chi connectivity index (χ3v) is 3.89. The molecule has 0 amide bonds. The number of nitrogens with two attached hydrogens (primary N) is 1. The molecule has 0 unspecified atom stereocenters. The van der Waals surface area contributed by atoms with Crippen LogP contribution in [0.15, 0.2) is 41.4 Å². The molecule has 0 saturated heterocycles. The average molecular weight is 311 g/mol. The van der Waals surface area contributed by atoms with Crippen molar-refractivity contribution in [1.29, 1.82) is 0 Å². The maximum Gasteiger partial charge on any atom is 0.337 e. The van der Waals surface area contributed by atoms with Crippen LogP contribution in [-0.2, 0) is 10.0 Å². The monoisotopic (exact) mass is 311 g/mol. The Kier molecular flexibility index (Phi) is 3.76. The fourth-order valence-electron chi connectivity index (χ4n) is 1.57. The molecular weight excluding hydrogens is 301 g/mol. The zero-order valence-electron chi connectivity index (χ0n) is 10.4. The van der Waals surface area contributed by atoms with Crippen LogP contribution in [0.2, 0.25) is 0 Å². The van der Waals surface area contributed by atoms with E-state index in [0.717, 1.165) is 30.5 Å². The van der Waals surface area contributed by atoms with Gasteiger partial charge in [-0.15, -0.1) is 0 Å². The van der Waals surface area contributed by atoms with E-state index in [1.165, 1.54) is 6.07 Å². The van der Waals surface area contributed by atoms with Crippen molar-refractivity contribution in [3.63, 3.8) is 0 Å². The summed E-state index contributed by atoms with van der Waals surface area (Å²) in [5.41, 5.74) is 5.15. The van der Waals surface area contributed by atoms with E-state index in [9.17, 15) is 17.6 Å². The van der Waals surface area contributed by atoms with Gasteiger partial charge in [0.25, 0.3) is 10.0 Å². The summed E-state index contributed by atoms with van der Waals surface area (Å²) < 4.78 is 39.2. The van der Waals surface area contributed by atoms with Crippen LogP contribution in [0.25, 0.3) is 0 Å². The topological polar surface area (TPSA) is 122 Å². The van der Waals surface area contributed by atoms with Crippen LogP contribution >= 0.6 is 0 Å². The van der Waals surface area contributed by atoms with Gasteiger partial charge in [-0.05, 0) is 30.3 Å². The molecule has 2 rings (SSSR count). The SMILES string of the molecule is Nc1ccc(C(=O)O)c(S(=O)(=O)Nc2ccc(F)cn2)c1. The number of hydrogen-bond acceptors (Lipinski definition) is 5. The number of nitrogen functional groups attached to an aromatic ring is 1. The minimum atomic E-state index is -4.22. The number of aromatic carboxylic acids is 1. The maximum atomic E-state index is 12.7. The van der Waals surface area contributed by atoms with Crippen molar-refractivity contribution in [2.45, 2.75) is 4.90 Å². The van der Waals surface area contributed by atoms with Crippen LogP contribution in [-0.4, -0.2) is 24.5 Å². The highest BCUT2D eigenvalue weighted by atomic mass is 32.2. The number of carbonyl (C=O) groups is 1. The van der Waals surface area contributed by atoms with Gasteiger partial charge in [-0.25, -0.2) is 22.6 Å². The van der Waals surface area contributed by atoms with Crippen molar-refractivity contribution >= 4 is 27.5 Å². The number of sulfonamides is 1. The van der Waals surface area contributed by atoms with E-state index in [2.05, 4.69) is 9.71 Å². The van der Waals surface area contributed by atoms with Gasteiger partial charge >= 0.3 is 5.97 Å². The molecule has 21 heavy (non-hydrogen) atoms. The normalized spacial score (nSPS) is 11.1. The first-order chi connectivity index (χ1) is 9.79. The van der Waals surface area contributed by atoms with Gasteiger partial charge in [0.2, 0.25) is 0 Å². The summed E-state index contributed by atoms with van der Waals surface area (Å²) >= 11 is 0. The molecule has 9 heteroatoms. The Balaban J connectivity index is 2.46. The molecule has 0 spiro atoms. The Labute approximate surface area is 119 Å². The summed E-state index contributed by atoms with van der Waals surface area (Å²) in [5.74, 6) is -2.19. The van der Waals surface area contributed by atoms with Crippen molar-refractivity contribution in [2.75, 3.05) is 10.5 Å². The van der Waals surface area contributed by atoms with Crippen LogP contribution in [0.5, 0.6) is 0 Å². The number of pyridine rings is 1. The lowest BCUT2D eigenvalue weighted by Crippen LogP contribution is -2.18. The maximum absolute atomic E-state index is 12.7. The van der Waals surface area contributed by atoms with E-state index in [1.807, 2.05) is 0 Å². The highest BCUT2D eigenvalue weighted by molar-refractivity contribution is 7.92. The molecule has 2 aromatic rings. The highest BCUT2D eigenvalue weighted by Gasteiger charge is 2.23. The molecule has 1 aromatic carbocycles. The predicted octanol–water partition coefficient (Wildman–Crippen LogP) is 1.30. The van der Waals surface area contributed by atoms with Gasteiger partial charge in [0.05, 0.1) is 11.8 Å². The quantitative estimate of drug-likeness (QED) is 0.731. The summed E-state index contributed by atoms with van der Waals surface area (Å²) in [6.07, 6.45) is 0.829. The minimum Gasteiger partial charge on any atom is -0.478 e. The van der Waals surface area contributed by atoms with Crippen molar-refractivity contribution in [3.05, 3.63) is 47.9 Å². The molecule has 0 saturated carbocycles. The molecule has 110 valence electrons. The van der Waals surface area contributed by atoms with E-state index in [-0.39, 0.29) is 11.5 Å². The molecule has 0 aliphatic heterocycles. The van der Waals surface area contributed by atoms with E-state index in [1.54, 1.807) is 0 Å². The standard InChI is InChI=1S/C12H10FN3O4S/c13-7-1-4-11(15-6-7)16-21(19,20)10-5-8(14)2-3-9(10)12(17)18/h1-6H,14H2,(H,15,16)(H,17,18). The Bertz CT molecular complexity index is 791. The van der Waals surface area contributed by atoms with Gasteiger partial charge in [0.15, 0.2) is 0 Å². The Morgan fingerprint density at radius 1 is 1.29 bits per heavy atom. The Morgan fingerprint density at radius 2 is 2.00 bits per heavy atom. The van der Waals surface area contributed by atoms with Crippen molar-refractivity contribution in [2.24, 2.45) is 0 Å². The van der Waals surface area contributed by atoms with E-state index < -0.39 is 32.3 Å². The average Bonchev–Trinajstić information content (AvgIpc) is 2.41. The number of anilines is 2. The molecule has 1 heterocycles. The fourth-order valence-corrected chi connectivity index (χ4v) is 2.81. The molecule has 1 aromatic heterocycles. The second-order valence-electron chi connectivity index (χ2n) is 4.03. The fraction of sp³-hybridized carbons (Fsp3) is 0. The lowest BCUT2D eigenvalue weighted by molar-refractivity contribution is 0.0692. The van der Waals surface area contributed by atoms with Gasteiger partial charge in [0, 0.05) is 5.69 Å². The second kappa shape index (κ2) is 5.37. The molecule has 0 radical (unpaired) electrons. The lowest BCUT2D eigenvalue weighted by atomic mass is 10.2. The zero-order chi connectivity index (χ0) is 15.6. The third-order valence-electron chi connectivity index (χ3n) is 2.49. The first-order valence-corrected chi connectivity index (χ1v) is 7.05. The zero-order valence-corrected chi connectivity index (χ0v) is 11.3. The summed E-state index contributed by atoms with van der Waals surface area (Å²) in [4.78, 5) is 14.1. The van der Waals surface area contributed by atoms with E-state index in [4.69, 9.17) is 10.8 Å². The summed E-state index contributed by atoms with van der Waals surface area (Å²) in [5, 5.41) is 9.02. The lowest BCUT2D eigenvalue weighted by Gasteiger charge is -2.10. The summed E-state index contributed by atoms with van der Waals surface area (Å²) in [6.45, 7) is 0. The van der Waals surface area contributed by atoms with Gasteiger partial charge < -0.3 is 10.8 Å². The molecule has 0 fully saturated rings. The molecular formula is C12H10FN3O4S. The first kappa shape index (κ1) is 14.7. The third kappa shape index (κ3) is 3.26. The molecule has 4 N–H and O–H groups in total. The number of rotatable bonds is 4. The number of carboxylic acid groups (broad SMARTS) is 1. The van der Waals surface area contributed by atoms with Gasteiger partial charge in [0.1, 0.15) is 16.5 Å². The van der Waals surface area contributed by atoms with Crippen LogP contribution < -0.4 is 10.5 Å². The first-order valence-electron chi connectivity index (χ1n) is 5.57. The smallest absolute Gasteiger partial charge is 0.337 e.